The Kier molecular flexibility index (Phi) is 5.69. The summed E-state index contributed by atoms with van der Waals surface area (Å²) in [7, 11) is 1.36. The number of hydrogen-bond donors (Lipinski definition) is 0. The fourth-order valence-electron chi connectivity index (χ4n) is 3.07. The van der Waals surface area contributed by atoms with Crippen LogP contribution in [0.3, 0.4) is 0 Å². The molecular weight excluding hydrogens is 354 g/mol. The lowest BCUT2D eigenvalue weighted by molar-refractivity contribution is -0.131. The van der Waals surface area contributed by atoms with Crippen molar-refractivity contribution in [2.75, 3.05) is 33.3 Å². The molecule has 1 aliphatic heterocycles. The predicted molar refractivity (Wildman–Crippen MR) is 95.5 cm³/mol. The van der Waals surface area contributed by atoms with E-state index in [-0.39, 0.29) is 35.4 Å². The molecule has 7 heteroatoms. The Morgan fingerprint density at radius 2 is 1.70 bits per heavy atom. The van der Waals surface area contributed by atoms with Gasteiger partial charge >= 0.3 is 0 Å². The van der Waals surface area contributed by atoms with Gasteiger partial charge in [0.2, 0.25) is 5.91 Å². The Morgan fingerprint density at radius 1 is 1.00 bits per heavy atom. The minimum atomic E-state index is -0.591. The van der Waals surface area contributed by atoms with Crippen LogP contribution >= 0.6 is 0 Å². The fourth-order valence-corrected chi connectivity index (χ4v) is 3.07. The summed E-state index contributed by atoms with van der Waals surface area (Å²) in [5.41, 5.74) is 0.861. The van der Waals surface area contributed by atoms with Gasteiger partial charge in [-0.15, -0.1) is 0 Å². The summed E-state index contributed by atoms with van der Waals surface area (Å²) in [6, 6.07) is 10.0. The van der Waals surface area contributed by atoms with Crippen LogP contribution in [0.5, 0.6) is 5.75 Å². The van der Waals surface area contributed by atoms with E-state index in [1.54, 1.807) is 21.9 Å². The van der Waals surface area contributed by atoms with Gasteiger partial charge in [0.1, 0.15) is 5.82 Å². The molecule has 0 spiro atoms. The zero-order valence-electron chi connectivity index (χ0n) is 15.0. The third-order valence-electron chi connectivity index (χ3n) is 4.56. The lowest BCUT2D eigenvalue weighted by Gasteiger charge is -2.35. The van der Waals surface area contributed by atoms with Gasteiger partial charge in [-0.05, 0) is 35.9 Å². The van der Waals surface area contributed by atoms with E-state index in [4.69, 9.17) is 4.74 Å². The molecule has 0 N–H and O–H groups in total. The molecule has 5 nitrogen and oxygen atoms in total. The van der Waals surface area contributed by atoms with Crippen LogP contribution < -0.4 is 4.74 Å². The van der Waals surface area contributed by atoms with Crippen molar-refractivity contribution in [3.8, 4) is 5.75 Å². The number of carbonyl (C=O) groups excluding carboxylic acids is 2. The molecule has 0 aliphatic carbocycles. The lowest BCUT2D eigenvalue weighted by atomic mass is 10.1. The largest absolute Gasteiger partial charge is 0.494 e. The molecule has 2 amide bonds. The third-order valence-corrected chi connectivity index (χ3v) is 4.56. The number of hydrogen-bond acceptors (Lipinski definition) is 3. The standard InChI is InChI=1S/C20H20F2N2O3/c1-27-18-6-5-15(13-17(18)22)20(26)24-9-7-23(8-10-24)19(25)12-14-3-2-4-16(21)11-14/h2-6,11,13H,7-10,12H2,1H3. The van der Waals surface area contributed by atoms with E-state index in [2.05, 4.69) is 0 Å². The molecule has 0 bridgehead atoms. The minimum absolute atomic E-state index is 0.0827. The van der Waals surface area contributed by atoms with Crippen molar-refractivity contribution in [1.82, 2.24) is 9.80 Å². The maximum atomic E-state index is 13.8. The van der Waals surface area contributed by atoms with Crippen LogP contribution in [0.2, 0.25) is 0 Å². The number of ether oxygens (including phenoxy) is 1. The first-order valence-electron chi connectivity index (χ1n) is 8.63. The van der Waals surface area contributed by atoms with Gasteiger partial charge in [-0.1, -0.05) is 12.1 Å². The third kappa shape index (κ3) is 4.42. The first-order chi connectivity index (χ1) is 13.0. The predicted octanol–water partition coefficient (Wildman–Crippen LogP) is 2.50. The van der Waals surface area contributed by atoms with Crippen LogP contribution in [0, 0.1) is 11.6 Å². The van der Waals surface area contributed by atoms with Crippen molar-refractivity contribution in [3.05, 3.63) is 65.2 Å². The fraction of sp³-hybridized carbons (Fsp3) is 0.300. The maximum absolute atomic E-state index is 13.8. The smallest absolute Gasteiger partial charge is 0.254 e. The van der Waals surface area contributed by atoms with Crippen LogP contribution in [0.25, 0.3) is 0 Å². The monoisotopic (exact) mass is 374 g/mol. The molecule has 1 fully saturated rings. The van der Waals surface area contributed by atoms with Gasteiger partial charge in [-0.2, -0.15) is 0 Å². The normalized spacial score (nSPS) is 14.2. The number of methoxy groups -OCH3 is 1. The number of carbonyl (C=O) groups is 2. The molecule has 1 heterocycles. The van der Waals surface area contributed by atoms with Crippen LogP contribution in [0.15, 0.2) is 42.5 Å². The van der Waals surface area contributed by atoms with Gasteiger partial charge in [0.05, 0.1) is 13.5 Å². The summed E-state index contributed by atoms with van der Waals surface area (Å²) in [6.07, 6.45) is 0.120. The quantitative estimate of drug-likeness (QED) is 0.826. The molecule has 1 aliphatic rings. The summed E-state index contributed by atoms with van der Waals surface area (Å²) in [5, 5.41) is 0. The molecule has 27 heavy (non-hydrogen) atoms. The highest BCUT2D eigenvalue weighted by molar-refractivity contribution is 5.94. The van der Waals surface area contributed by atoms with Crippen molar-refractivity contribution in [2.45, 2.75) is 6.42 Å². The molecule has 2 aromatic carbocycles. The van der Waals surface area contributed by atoms with Gasteiger partial charge in [0, 0.05) is 31.7 Å². The Bertz CT molecular complexity index is 849. The molecule has 0 aromatic heterocycles. The SMILES string of the molecule is COc1ccc(C(=O)N2CCN(C(=O)Cc3cccc(F)c3)CC2)cc1F. The second kappa shape index (κ2) is 8.16. The Labute approximate surface area is 156 Å². The zero-order valence-corrected chi connectivity index (χ0v) is 15.0. The molecule has 0 unspecified atom stereocenters. The van der Waals surface area contributed by atoms with E-state index >= 15 is 0 Å². The van der Waals surface area contributed by atoms with Gasteiger partial charge < -0.3 is 14.5 Å². The molecule has 0 radical (unpaired) electrons. The summed E-state index contributed by atoms with van der Waals surface area (Å²) >= 11 is 0. The lowest BCUT2D eigenvalue weighted by Crippen LogP contribution is -2.51. The molecular formula is C20H20F2N2O3. The van der Waals surface area contributed by atoms with Crippen LogP contribution in [0.1, 0.15) is 15.9 Å². The van der Waals surface area contributed by atoms with E-state index < -0.39 is 5.82 Å². The first kappa shape index (κ1) is 18.8. The molecule has 142 valence electrons. The summed E-state index contributed by atoms with van der Waals surface area (Å²) in [6.45, 7) is 1.50. The van der Waals surface area contributed by atoms with E-state index in [9.17, 15) is 18.4 Å². The Hall–Kier alpha value is -2.96. The molecule has 0 saturated carbocycles. The van der Waals surface area contributed by atoms with Crippen molar-refractivity contribution < 1.29 is 23.1 Å². The number of piperazine rings is 1. The second-order valence-corrected chi connectivity index (χ2v) is 6.33. The van der Waals surface area contributed by atoms with Crippen molar-refractivity contribution in [3.63, 3.8) is 0 Å². The average molecular weight is 374 g/mol. The highest BCUT2D eigenvalue weighted by Crippen LogP contribution is 2.19. The molecule has 0 atom stereocenters. The summed E-state index contributed by atoms with van der Waals surface area (Å²) in [5.74, 6) is -1.27. The van der Waals surface area contributed by atoms with Gasteiger partial charge in [0.15, 0.2) is 11.6 Å². The van der Waals surface area contributed by atoms with Crippen LogP contribution in [-0.2, 0) is 11.2 Å². The summed E-state index contributed by atoms with van der Waals surface area (Å²) in [4.78, 5) is 28.2. The van der Waals surface area contributed by atoms with Gasteiger partial charge in [-0.25, -0.2) is 8.78 Å². The van der Waals surface area contributed by atoms with Crippen LogP contribution in [0.4, 0.5) is 8.78 Å². The van der Waals surface area contributed by atoms with Crippen molar-refractivity contribution in [1.29, 1.82) is 0 Å². The highest BCUT2D eigenvalue weighted by Gasteiger charge is 2.25. The number of nitrogens with zero attached hydrogens (tertiary/aromatic N) is 2. The van der Waals surface area contributed by atoms with Crippen molar-refractivity contribution in [2.24, 2.45) is 0 Å². The minimum Gasteiger partial charge on any atom is -0.494 e. The van der Waals surface area contributed by atoms with Crippen molar-refractivity contribution >= 4 is 11.8 Å². The average Bonchev–Trinajstić information content (AvgIpc) is 2.67. The van der Waals surface area contributed by atoms with E-state index in [0.29, 0.717) is 31.7 Å². The highest BCUT2D eigenvalue weighted by atomic mass is 19.1. The number of benzene rings is 2. The topological polar surface area (TPSA) is 49.9 Å². The van der Waals surface area contributed by atoms with Crippen LogP contribution in [-0.4, -0.2) is 54.9 Å². The zero-order chi connectivity index (χ0) is 19.4. The summed E-state index contributed by atoms with van der Waals surface area (Å²) < 4.78 is 31.9. The Balaban J connectivity index is 1.57. The van der Waals surface area contributed by atoms with E-state index in [0.717, 1.165) is 6.07 Å². The molecule has 2 aromatic rings. The second-order valence-electron chi connectivity index (χ2n) is 6.33. The Morgan fingerprint density at radius 3 is 2.33 bits per heavy atom. The van der Waals surface area contributed by atoms with Gasteiger partial charge in [-0.3, -0.25) is 9.59 Å². The molecule has 1 saturated heterocycles. The first-order valence-corrected chi connectivity index (χ1v) is 8.63. The molecule has 3 rings (SSSR count). The number of rotatable bonds is 4. The number of amides is 2. The maximum Gasteiger partial charge on any atom is 0.254 e. The van der Waals surface area contributed by atoms with E-state index in [1.807, 2.05) is 0 Å². The number of halogens is 2. The van der Waals surface area contributed by atoms with Gasteiger partial charge in [0.25, 0.3) is 5.91 Å². The van der Waals surface area contributed by atoms with E-state index in [1.165, 1.54) is 31.4 Å².